The van der Waals surface area contributed by atoms with Gasteiger partial charge in [-0.1, -0.05) is 12.1 Å². The summed E-state index contributed by atoms with van der Waals surface area (Å²) in [7, 11) is 1.60. The summed E-state index contributed by atoms with van der Waals surface area (Å²) >= 11 is 3.10. The Morgan fingerprint density at radius 1 is 1.17 bits per heavy atom. The molecule has 2 rings (SSSR count). The highest BCUT2D eigenvalue weighted by molar-refractivity contribution is 9.10. The van der Waals surface area contributed by atoms with E-state index in [1.165, 1.54) is 6.07 Å². The number of halogens is 1. The number of carbonyl (C=O) groups excluding carboxylic acids is 2. The van der Waals surface area contributed by atoms with E-state index in [0.29, 0.717) is 11.1 Å². The molecule has 0 fully saturated rings. The Balaban J connectivity index is 1.67. The second kappa shape index (κ2) is 8.38. The fraction of sp³-hybridized carbons (Fsp3) is 0.250. The number of methoxy groups -OCH3 is 1. The molecule has 1 amide bonds. The molecule has 2 aromatic rings. The van der Waals surface area contributed by atoms with Crippen molar-refractivity contribution in [1.29, 1.82) is 0 Å². The van der Waals surface area contributed by atoms with Crippen LogP contribution in [0.3, 0.4) is 0 Å². The molecule has 23 heavy (non-hydrogen) atoms. The summed E-state index contributed by atoms with van der Waals surface area (Å²) in [5.74, 6) is -0.0683. The lowest BCUT2D eigenvalue weighted by Gasteiger charge is -2.06. The van der Waals surface area contributed by atoms with Gasteiger partial charge in [0.15, 0.2) is 10.4 Å². The predicted molar refractivity (Wildman–Crippen MR) is 86.4 cm³/mol. The van der Waals surface area contributed by atoms with Crippen molar-refractivity contribution >= 4 is 27.8 Å². The lowest BCUT2D eigenvalue weighted by molar-refractivity contribution is -0.142. The highest BCUT2D eigenvalue weighted by Crippen LogP contribution is 2.13. The first-order valence-electron chi connectivity index (χ1n) is 6.90. The maximum absolute atomic E-state index is 11.7. The summed E-state index contributed by atoms with van der Waals surface area (Å²) < 4.78 is 15.7. The van der Waals surface area contributed by atoms with Crippen LogP contribution in [0.5, 0.6) is 5.75 Å². The Labute approximate surface area is 141 Å². The van der Waals surface area contributed by atoms with Crippen molar-refractivity contribution < 1.29 is 23.5 Å². The van der Waals surface area contributed by atoms with Gasteiger partial charge >= 0.3 is 5.97 Å². The molecule has 0 aliphatic heterocycles. The standard InChI is InChI=1S/C16H16BrNO5/c1-21-12-4-2-11(3-5-12)8-9-22-15(19)10-18-16(20)13-6-7-14(17)23-13/h2-7H,8-10H2,1H3,(H,18,20). The summed E-state index contributed by atoms with van der Waals surface area (Å²) in [6.07, 6.45) is 0.592. The second-order valence-electron chi connectivity index (χ2n) is 4.60. The molecule has 0 radical (unpaired) electrons. The minimum Gasteiger partial charge on any atom is -0.497 e. The fourth-order valence-electron chi connectivity index (χ4n) is 1.80. The normalized spacial score (nSPS) is 10.2. The van der Waals surface area contributed by atoms with Crippen molar-refractivity contribution in [2.45, 2.75) is 6.42 Å². The third kappa shape index (κ3) is 5.45. The van der Waals surface area contributed by atoms with Gasteiger partial charge in [-0.25, -0.2) is 0 Å². The number of rotatable bonds is 7. The number of furan rings is 1. The molecule has 0 saturated heterocycles. The molecule has 122 valence electrons. The van der Waals surface area contributed by atoms with Crippen molar-refractivity contribution in [2.24, 2.45) is 0 Å². The van der Waals surface area contributed by atoms with Gasteiger partial charge in [-0.05, 0) is 45.8 Å². The van der Waals surface area contributed by atoms with E-state index in [1.807, 2.05) is 24.3 Å². The molecule has 0 aliphatic rings. The van der Waals surface area contributed by atoms with Crippen LogP contribution in [-0.4, -0.2) is 32.1 Å². The number of nitrogens with one attached hydrogen (secondary N) is 1. The van der Waals surface area contributed by atoms with Gasteiger partial charge in [-0.2, -0.15) is 0 Å². The van der Waals surface area contributed by atoms with E-state index in [2.05, 4.69) is 21.2 Å². The number of hydrogen-bond acceptors (Lipinski definition) is 5. The van der Waals surface area contributed by atoms with Crippen LogP contribution in [0.25, 0.3) is 0 Å². The summed E-state index contributed by atoms with van der Waals surface area (Å²) in [6.45, 7) is 0.0348. The van der Waals surface area contributed by atoms with E-state index in [4.69, 9.17) is 13.9 Å². The van der Waals surface area contributed by atoms with Crippen molar-refractivity contribution in [3.63, 3.8) is 0 Å². The average molecular weight is 382 g/mol. The monoisotopic (exact) mass is 381 g/mol. The molecular formula is C16H16BrNO5. The van der Waals surface area contributed by atoms with E-state index in [-0.39, 0.29) is 18.9 Å². The quantitative estimate of drug-likeness (QED) is 0.745. The van der Waals surface area contributed by atoms with E-state index in [0.717, 1.165) is 11.3 Å². The largest absolute Gasteiger partial charge is 0.497 e. The first-order chi connectivity index (χ1) is 11.1. The van der Waals surface area contributed by atoms with Crippen LogP contribution in [0, 0.1) is 0 Å². The van der Waals surface area contributed by atoms with E-state index >= 15 is 0 Å². The first kappa shape index (κ1) is 17.1. The zero-order chi connectivity index (χ0) is 16.7. The Morgan fingerprint density at radius 2 is 1.91 bits per heavy atom. The number of hydrogen-bond donors (Lipinski definition) is 1. The Morgan fingerprint density at radius 3 is 2.52 bits per heavy atom. The molecule has 1 aromatic carbocycles. The van der Waals surface area contributed by atoms with Crippen molar-refractivity contribution in [3.8, 4) is 5.75 Å². The summed E-state index contributed by atoms with van der Waals surface area (Å²) in [4.78, 5) is 23.3. The summed E-state index contributed by atoms with van der Waals surface area (Å²) in [6, 6.07) is 10.6. The van der Waals surface area contributed by atoms with Crippen LogP contribution in [0.1, 0.15) is 16.1 Å². The van der Waals surface area contributed by atoms with Gasteiger partial charge in [0.25, 0.3) is 5.91 Å². The molecule has 1 heterocycles. The number of amides is 1. The molecule has 0 unspecified atom stereocenters. The Hall–Kier alpha value is -2.28. The van der Waals surface area contributed by atoms with Crippen LogP contribution in [0.4, 0.5) is 0 Å². The molecule has 7 heteroatoms. The first-order valence-corrected chi connectivity index (χ1v) is 7.70. The van der Waals surface area contributed by atoms with Crippen molar-refractivity contribution in [1.82, 2.24) is 5.32 Å². The maximum atomic E-state index is 11.7. The lowest BCUT2D eigenvalue weighted by atomic mass is 10.1. The SMILES string of the molecule is COc1ccc(CCOC(=O)CNC(=O)c2ccc(Br)o2)cc1. The van der Waals surface area contributed by atoms with Crippen LogP contribution >= 0.6 is 15.9 Å². The molecule has 0 spiro atoms. The highest BCUT2D eigenvalue weighted by Gasteiger charge is 2.12. The van der Waals surface area contributed by atoms with Crippen LogP contribution in [0.15, 0.2) is 45.5 Å². The number of ether oxygens (including phenoxy) is 2. The third-order valence-electron chi connectivity index (χ3n) is 3.00. The maximum Gasteiger partial charge on any atom is 0.325 e. The van der Waals surface area contributed by atoms with Crippen molar-refractivity contribution in [3.05, 3.63) is 52.4 Å². The Kier molecular flexibility index (Phi) is 6.22. The molecule has 0 aliphatic carbocycles. The summed E-state index contributed by atoms with van der Waals surface area (Å²) in [5.41, 5.74) is 1.03. The van der Waals surface area contributed by atoms with E-state index < -0.39 is 11.9 Å². The fourth-order valence-corrected chi connectivity index (χ4v) is 2.11. The molecule has 1 aromatic heterocycles. The van der Waals surface area contributed by atoms with Gasteiger partial charge in [0.1, 0.15) is 12.3 Å². The lowest BCUT2D eigenvalue weighted by Crippen LogP contribution is -2.30. The van der Waals surface area contributed by atoms with Gasteiger partial charge < -0.3 is 19.2 Å². The van der Waals surface area contributed by atoms with Gasteiger partial charge in [0, 0.05) is 6.42 Å². The molecule has 6 nitrogen and oxygen atoms in total. The van der Waals surface area contributed by atoms with Crippen LogP contribution in [0.2, 0.25) is 0 Å². The van der Waals surface area contributed by atoms with Gasteiger partial charge in [-0.15, -0.1) is 0 Å². The molecular weight excluding hydrogens is 366 g/mol. The molecule has 0 atom stereocenters. The van der Waals surface area contributed by atoms with Crippen LogP contribution in [-0.2, 0) is 16.0 Å². The van der Waals surface area contributed by atoms with Crippen molar-refractivity contribution in [2.75, 3.05) is 20.3 Å². The van der Waals surface area contributed by atoms with Gasteiger partial charge in [0.2, 0.25) is 0 Å². The molecule has 0 saturated carbocycles. The number of carbonyl (C=O) groups is 2. The molecule has 1 N–H and O–H groups in total. The zero-order valence-corrected chi connectivity index (χ0v) is 14.1. The topological polar surface area (TPSA) is 77.8 Å². The third-order valence-corrected chi connectivity index (χ3v) is 3.43. The highest BCUT2D eigenvalue weighted by atomic mass is 79.9. The summed E-state index contributed by atoms with van der Waals surface area (Å²) in [5, 5.41) is 2.43. The predicted octanol–water partition coefficient (Wildman–Crippen LogP) is 2.57. The number of benzene rings is 1. The minimum atomic E-state index is -0.502. The molecule has 0 bridgehead atoms. The van der Waals surface area contributed by atoms with E-state index in [1.54, 1.807) is 13.2 Å². The average Bonchev–Trinajstić information content (AvgIpc) is 3.00. The van der Waals surface area contributed by atoms with Crippen LogP contribution < -0.4 is 10.1 Å². The Bertz CT molecular complexity index is 665. The number of esters is 1. The van der Waals surface area contributed by atoms with E-state index in [9.17, 15) is 9.59 Å². The van der Waals surface area contributed by atoms with Gasteiger partial charge in [-0.3, -0.25) is 9.59 Å². The minimum absolute atomic E-state index is 0.128. The second-order valence-corrected chi connectivity index (χ2v) is 5.39. The smallest absolute Gasteiger partial charge is 0.325 e. The zero-order valence-electron chi connectivity index (χ0n) is 12.5. The van der Waals surface area contributed by atoms with Gasteiger partial charge in [0.05, 0.1) is 13.7 Å².